The number of carbonyl (C=O) groups excluding carboxylic acids is 1. The molecule has 0 bridgehead atoms. The molecule has 1 N–H and O–H groups in total. The summed E-state index contributed by atoms with van der Waals surface area (Å²) in [4.78, 5) is 12.0. The molecule has 1 fully saturated rings. The summed E-state index contributed by atoms with van der Waals surface area (Å²) in [7, 11) is 0. The van der Waals surface area contributed by atoms with Crippen LogP contribution in [0.1, 0.15) is 50.2 Å². The summed E-state index contributed by atoms with van der Waals surface area (Å²) in [5.41, 5.74) is 5.83. The lowest BCUT2D eigenvalue weighted by molar-refractivity contribution is -0.125. The van der Waals surface area contributed by atoms with E-state index in [4.69, 9.17) is 0 Å². The second-order valence-electron chi connectivity index (χ2n) is 5.38. The van der Waals surface area contributed by atoms with Gasteiger partial charge in [0.2, 0.25) is 5.91 Å². The first-order valence-corrected chi connectivity index (χ1v) is 7.08. The van der Waals surface area contributed by atoms with Gasteiger partial charge in [-0.15, -0.1) is 0 Å². The van der Waals surface area contributed by atoms with Gasteiger partial charge in [0.25, 0.3) is 0 Å². The molecular weight excluding hydrogens is 236 g/mol. The summed E-state index contributed by atoms with van der Waals surface area (Å²) < 4.78 is 0. The number of hydrogen-bond donors (Lipinski definition) is 1. The molecule has 19 heavy (non-hydrogen) atoms. The van der Waals surface area contributed by atoms with Crippen LogP contribution in [0.2, 0.25) is 0 Å². The van der Waals surface area contributed by atoms with E-state index in [2.05, 4.69) is 29.6 Å². The summed E-state index contributed by atoms with van der Waals surface area (Å²) in [6.45, 7) is 3.98. The molecule has 1 aromatic rings. The summed E-state index contributed by atoms with van der Waals surface area (Å²) in [6, 6.07) is 8.15. The van der Waals surface area contributed by atoms with E-state index < -0.39 is 0 Å². The maximum absolute atomic E-state index is 12.0. The molecular formula is C16H22N2O. The van der Waals surface area contributed by atoms with Gasteiger partial charge in [0.05, 0.1) is 5.71 Å². The Labute approximate surface area is 115 Å². The molecule has 1 aliphatic rings. The predicted octanol–water partition coefficient (Wildman–Crippen LogP) is 3.42. The molecule has 0 atom stereocenters. The van der Waals surface area contributed by atoms with Crippen LogP contribution >= 0.6 is 0 Å². The number of rotatable bonds is 3. The summed E-state index contributed by atoms with van der Waals surface area (Å²) in [5, 5.41) is 4.23. The molecule has 0 unspecified atom stereocenters. The number of amides is 1. The highest BCUT2D eigenvalue weighted by atomic mass is 16.2. The maximum atomic E-state index is 12.0. The van der Waals surface area contributed by atoms with E-state index in [1.807, 2.05) is 19.1 Å². The third-order valence-electron chi connectivity index (χ3n) is 3.75. The fourth-order valence-corrected chi connectivity index (χ4v) is 2.53. The SMILES string of the molecule is CC(=NNC(=O)C1CCCCC1)c1cccc(C)c1. The van der Waals surface area contributed by atoms with E-state index in [1.165, 1.54) is 24.8 Å². The summed E-state index contributed by atoms with van der Waals surface area (Å²) in [6.07, 6.45) is 5.60. The topological polar surface area (TPSA) is 41.5 Å². The minimum atomic E-state index is 0.0757. The lowest BCUT2D eigenvalue weighted by Crippen LogP contribution is -2.29. The molecule has 102 valence electrons. The van der Waals surface area contributed by atoms with Crippen LogP contribution in [0, 0.1) is 12.8 Å². The van der Waals surface area contributed by atoms with Crippen LogP contribution in [0.15, 0.2) is 29.4 Å². The van der Waals surface area contributed by atoms with E-state index >= 15 is 0 Å². The maximum Gasteiger partial charge on any atom is 0.243 e. The molecule has 0 spiro atoms. The van der Waals surface area contributed by atoms with Crippen molar-refractivity contribution in [2.45, 2.75) is 46.0 Å². The Kier molecular flexibility index (Phi) is 4.72. The number of carbonyl (C=O) groups is 1. The van der Waals surface area contributed by atoms with Crippen molar-refractivity contribution in [3.8, 4) is 0 Å². The molecule has 0 radical (unpaired) electrons. The van der Waals surface area contributed by atoms with E-state index in [0.29, 0.717) is 0 Å². The molecule has 3 heteroatoms. The average molecular weight is 258 g/mol. The molecule has 1 saturated carbocycles. The molecule has 1 amide bonds. The number of nitrogens with one attached hydrogen (secondary N) is 1. The Balaban J connectivity index is 1.95. The normalized spacial score (nSPS) is 17.3. The Morgan fingerprint density at radius 2 is 2.00 bits per heavy atom. The number of benzene rings is 1. The molecule has 0 aliphatic heterocycles. The van der Waals surface area contributed by atoms with E-state index in [-0.39, 0.29) is 11.8 Å². The zero-order chi connectivity index (χ0) is 13.7. The van der Waals surface area contributed by atoms with E-state index in [9.17, 15) is 4.79 Å². The van der Waals surface area contributed by atoms with Gasteiger partial charge in [0.1, 0.15) is 0 Å². The minimum Gasteiger partial charge on any atom is -0.273 e. The second kappa shape index (κ2) is 6.50. The van der Waals surface area contributed by atoms with Crippen molar-refractivity contribution < 1.29 is 4.79 Å². The van der Waals surface area contributed by atoms with Gasteiger partial charge in [-0.1, -0.05) is 49.1 Å². The zero-order valence-corrected chi connectivity index (χ0v) is 11.8. The Bertz CT molecular complexity index is 473. The first-order valence-electron chi connectivity index (χ1n) is 7.08. The standard InChI is InChI=1S/C16H22N2O/c1-12-7-6-10-15(11-12)13(2)17-18-16(19)14-8-4-3-5-9-14/h6-7,10-11,14H,3-5,8-9H2,1-2H3,(H,18,19). The molecule has 0 heterocycles. The second-order valence-corrected chi connectivity index (χ2v) is 5.38. The van der Waals surface area contributed by atoms with Gasteiger partial charge in [0, 0.05) is 5.92 Å². The van der Waals surface area contributed by atoms with E-state index in [0.717, 1.165) is 24.1 Å². The largest absolute Gasteiger partial charge is 0.273 e. The smallest absolute Gasteiger partial charge is 0.243 e. The van der Waals surface area contributed by atoms with Gasteiger partial charge in [-0.2, -0.15) is 5.10 Å². The minimum absolute atomic E-state index is 0.0757. The van der Waals surface area contributed by atoms with Crippen molar-refractivity contribution in [2.75, 3.05) is 0 Å². The quantitative estimate of drug-likeness (QED) is 0.655. The van der Waals surface area contributed by atoms with Crippen molar-refractivity contribution >= 4 is 11.6 Å². The van der Waals surface area contributed by atoms with Crippen molar-refractivity contribution in [1.29, 1.82) is 0 Å². The third-order valence-corrected chi connectivity index (χ3v) is 3.75. The van der Waals surface area contributed by atoms with Crippen LogP contribution in [-0.2, 0) is 4.79 Å². The van der Waals surface area contributed by atoms with Crippen LogP contribution in [0.4, 0.5) is 0 Å². The molecule has 0 aromatic heterocycles. The first-order chi connectivity index (χ1) is 9.16. The molecule has 0 saturated heterocycles. The monoisotopic (exact) mass is 258 g/mol. The molecule has 3 nitrogen and oxygen atoms in total. The van der Waals surface area contributed by atoms with Gasteiger partial charge in [-0.3, -0.25) is 4.79 Å². The van der Waals surface area contributed by atoms with Gasteiger partial charge >= 0.3 is 0 Å². The summed E-state index contributed by atoms with van der Waals surface area (Å²) >= 11 is 0. The van der Waals surface area contributed by atoms with Gasteiger partial charge in [-0.25, -0.2) is 5.43 Å². The molecule has 1 aromatic carbocycles. The zero-order valence-electron chi connectivity index (χ0n) is 11.8. The van der Waals surface area contributed by atoms with Crippen molar-refractivity contribution in [3.05, 3.63) is 35.4 Å². The third kappa shape index (κ3) is 3.91. The lowest BCUT2D eigenvalue weighted by atomic mass is 9.89. The number of hydrazone groups is 1. The Hall–Kier alpha value is -1.64. The highest BCUT2D eigenvalue weighted by Gasteiger charge is 2.20. The fraction of sp³-hybridized carbons (Fsp3) is 0.500. The van der Waals surface area contributed by atoms with Gasteiger partial charge in [0.15, 0.2) is 0 Å². The number of aryl methyl sites for hydroxylation is 1. The van der Waals surface area contributed by atoms with Crippen molar-refractivity contribution in [1.82, 2.24) is 5.43 Å². The fourth-order valence-electron chi connectivity index (χ4n) is 2.53. The lowest BCUT2D eigenvalue weighted by Gasteiger charge is -2.19. The van der Waals surface area contributed by atoms with Crippen LogP contribution in [0.25, 0.3) is 0 Å². The first kappa shape index (κ1) is 13.8. The van der Waals surface area contributed by atoms with Gasteiger partial charge < -0.3 is 0 Å². The van der Waals surface area contributed by atoms with Crippen LogP contribution in [-0.4, -0.2) is 11.6 Å². The van der Waals surface area contributed by atoms with Crippen molar-refractivity contribution in [2.24, 2.45) is 11.0 Å². The highest BCUT2D eigenvalue weighted by molar-refractivity contribution is 5.99. The highest BCUT2D eigenvalue weighted by Crippen LogP contribution is 2.23. The average Bonchev–Trinajstić information content (AvgIpc) is 2.45. The van der Waals surface area contributed by atoms with Crippen LogP contribution < -0.4 is 5.43 Å². The van der Waals surface area contributed by atoms with Crippen LogP contribution in [0.5, 0.6) is 0 Å². The molecule has 2 rings (SSSR count). The Morgan fingerprint density at radius 3 is 2.68 bits per heavy atom. The number of hydrogen-bond acceptors (Lipinski definition) is 2. The van der Waals surface area contributed by atoms with E-state index in [1.54, 1.807) is 0 Å². The van der Waals surface area contributed by atoms with Gasteiger partial charge in [-0.05, 0) is 32.3 Å². The van der Waals surface area contributed by atoms with Crippen LogP contribution in [0.3, 0.4) is 0 Å². The summed E-state index contributed by atoms with van der Waals surface area (Å²) in [5.74, 6) is 0.231. The molecule has 1 aliphatic carbocycles. The van der Waals surface area contributed by atoms with Crippen molar-refractivity contribution in [3.63, 3.8) is 0 Å². The Morgan fingerprint density at radius 1 is 1.26 bits per heavy atom. The number of nitrogens with zero attached hydrogens (tertiary/aromatic N) is 1. The predicted molar refractivity (Wildman–Crippen MR) is 78.1 cm³/mol.